The van der Waals surface area contributed by atoms with E-state index in [9.17, 15) is 4.79 Å². The quantitative estimate of drug-likeness (QED) is 0.782. The normalized spacial score (nSPS) is 10.3. The maximum Gasteiger partial charge on any atom is 0.350 e. The Bertz CT molecular complexity index is 509. The van der Waals surface area contributed by atoms with E-state index in [1.165, 1.54) is 18.4 Å². The largest absolute Gasteiger partial charge is 0.465 e. The highest BCUT2D eigenvalue weighted by molar-refractivity contribution is 7.21. The lowest BCUT2D eigenvalue weighted by Gasteiger charge is -2.00. The Balaban J connectivity index is 2.69. The molecule has 0 radical (unpaired) electrons. The molecule has 1 N–H and O–H groups in total. The van der Waals surface area contributed by atoms with E-state index in [-0.39, 0.29) is 5.97 Å². The summed E-state index contributed by atoms with van der Waals surface area (Å²) in [6.07, 6.45) is 3.19. The highest BCUT2D eigenvalue weighted by atomic mass is 32.1. The lowest BCUT2D eigenvalue weighted by molar-refractivity contribution is 0.0607. The molecule has 0 saturated heterocycles. The molecule has 0 aliphatic heterocycles. The maximum atomic E-state index is 11.5. The number of carbonyl (C=O) groups is 1. The van der Waals surface area contributed by atoms with Crippen molar-refractivity contribution in [2.45, 2.75) is 0 Å². The predicted molar refractivity (Wildman–Crippen MR) is 58.3 cm³/mol. The minimum atomic E-state index is -0.371. The van der Waals surface area contributed by atoms with Crippen molar-refractivity contribution in [3.8, 4) is 0 Å². The van der Waals surface area contributed by atoms with Crippen LogP contribution in [0.3, 0.4) is 0 Å². The number of nitrogens with one attached hydrogen (secondary N) is 1. The van der Waals surface area contributed by atoms with Crippen LogP contribution in [0.1, 0.15) is 9.67 Å². The van der Waals surface area contributed by atoms with Gasteiger partial charge in [0, 0.05) is 19.4 Å². The molecule has 0 spiro atoms. The molecule has 0 saturated carbocycles. The van der Waals surface area contributed by atoms with E-state index in [2.05, 4.69) is 20.0 Å². The second-order valence-corrected chi connectivity index (χ2v) is 3.76. The fourth-order valence-electron chi connectivity index (χ4n) is 1.30. The molecule has 0 fully saturated rings. The Hall–Kier alpha value is -1.69. The SMILES string of the molecule is CNc1c(C(=O)OC)sc2nccnc12. The van der Waals surface area contributed by atoms with Crippen LogP contribution in [0.25, 0.3) is 10.3 Å². The summed E-state index contributed by atoms with van der Waals surface area (Å²) in [7, 11) is 3.09. The fourth-order valence-corrected chi connectivity index (χ4v) is 2.32. The first-order valence-electron chi connectivity index (χ1n) is 4.27. The molecule has 6 heteroatoms. The van der Waals surface area contributed by atoms with E-state index in [0.717, 1.165) is 4.83 Å². The number of hydrogen-bond acceptors (Lipinski definition) is 6. The number of thiophene rings is 1. The second kappa shape index (κ2) is 3.82. The van der Waals surface area contributed by atoms with Crippen LogP contribution in [0.4, 0.5) is 5.69 Å². The van der Waals surface area contributed by atoms with Crippen molar-refractivity contribution in [2.75, 3.05) is 19.5 Å². The van der Waals surface area contributed by atoms with Gasteiger partial charge in [0.2, 0.25) is 0 Å². The first kappa shape index (κ1) is 9.85. The molecule has 0 amide bonds. The standard InChI is InChI=1S/C9H9N3O2S/c1-10-5-6-8(12-4-3-11-6)15-7(5)9(13)14-2/h3-4,10H,1-2H3. The van der Waals surface area contributed by atoms with Gasteiger partial charge in [-0.2, -0.15) is 0 Å². The third kappa shape index (κ3) is 1.52. The number of nitrogens with zero attached hydrogens (tertiary/aromatic N) is 2. The third-order valence-electron chi connectivity index (χ3n) is 1.95. The molecular formula is C9H9N3O2S. The summed E-state index contributed by atoms with van der Waals surface area (Å²) in [6, 6.07) is 0. The van der Waals surface area contributed by atoms with Gasteiger partial charge in [-0.1, -0.05) is 0 Å². The third-order valence-corrected chi connectivity index (χ3v) is 3.02. The Kier molecular flexibility index (Phi) is 2.51. The number of ether oxygens (including phenoxy) is 1. The Morgan fingerprint density at radius 1 is 1.47 bits per heavy atom. The predicted octanol–water partition coefficient (Wildman–Crippen LogP) is 1.52. The number of methoxy groups -OCH3 is 1. The Morgan fingerprint density at radius 3 is 2.87 bits per heavy atom. The van der Waals surface area contributed by atoms with Crippen LogP contribution in [0.5, 0.6) is 0 Å². The maximum absolute atomic E-state index is 11.5. The summed E-state index contributed by atoms with van der Waals surface area (Å²) in [6.45, 7) is 0. The van der Waals surface area contributed by atoms with Gasteiger partial charge in [0.05, 0.1) is 12.8 Å². The number of esters is 1. The van der Waals surface area contributed by atoms with Crippen LogP contribution < -0.4 is 5.32 Å². The molecule has 15 heavy (non-hydrogen) atoms. The zero-order chi connectivity index (χ0) is 10.8. The number of carbonyl (C=O) groups excluding carboxylic acids is 1. The van der Waals surface area contributed by atoms with Crippen molar-refractivity contribution in [1.82, 2.24) is 9.97 Å². The summed E-state index contributed by atoms with van der Waals surface area (Å²) in [5.74, 6) is -0.371. The zero-order valence-electron chi connectivity index (χ0n) is 8.27. The van der Waals surface area contributed by atoms with E-state index in [1.54, 1.807) is 19.4 Å². The van der Waals surface area contributed by atoms with Crippen molar-refractivity contribution >= 4 is 33.3 Å². The van der Waals surface area contributed by atoms with Gasteiger partial charge < -0.3 is 10.1 Å². The van der Waals surface area contributed by atoms with E-state index in [1.807, 2.05) is 0 Å². The topological polar surface area (TPSA) is 64.1 Å². The molecule has 0 aliphatic carbocycles. The van der Waals surface area contributed by atoms with Gasteiger partial charge in [0.1, 0.15) is 15.2 Å². The molecule has 5 nitrogen and oxygen atoms in total. The number of aromatic nitrogens is 2. The number of anilines is 1. The van der Waals surface area contributed by atoms with Crippen molar-refractivity contribution in [2.24, 2.45) is 0 Å². The summed E-state index contributed by atoms with van der Waals surface area (Å²) >= 11 is 1.27. The average molecular weight is 223 g/mol. The van der Waals surface area contributed by atoms with Crippen LogP contribution in [-0.4, -0.2) is 30.1 Å². The van der Waals surface area contributed by atoms with Crippen LogP contribution in [0, 0.1) is 0 Å². The zero-order valence-corrected chi connectivity index (χ0v) is 9.09. The second-order valence-electron chi connectivity index (χ2n) is 2.76. The highest BCUT2D eigenvalue weighted by Crippen LogP contribution is 2.32. The van der Waals surface area contributed by atoms with E-state index < -0.39 is 0 Å². The van der Waals surface area contributed by atoms with Gasteiger partial charge in [-0.15, -0.1) is 11.3 Å². The van der Waals surface area contributed by atoms with Gasteiger partial charge in [-0.05, 0) is 0 Å². The molecular weight excluding hydrogens is 214 g/mol. The number of hydrogen-bond donors (Lipinski definition) is 1. The molecule has 0 aliphatic rings. The molecule has 0 aromatic carbocycles. The number of fused-ring (bicyclic) bond motifs is 1. The molecule has 2 heterocycles. The summed E-state index contributed by atoms with van der Waals surface area (Å²) < 4.78 is 4.68. The molecule has 0 unspecified atom stereocenters. The first-order chi connectivity index (χ1) is 7.27. The Labute approximate surface area is 90.1 Å². The fraction of sp³-hybridized carbons (Fsp3) is 0.222. The van der Waals surface area contributed by atoms with Gasteiger partial charge in [-0.25, -0.2) is 14.8 Å². The van der Waals surface area contributed by atoms with Gasteiger partial charge >= 0.3 is 5.97 Å². The van der Waals surface area contributed by atoms with Crippen molar-refractivity contribution in [1.29, 1.82) is 0 Å². The minimum absolute atomic E-state index is 0.371. The lowest BCUT2D eigenvalue weighted by atomic mass is 10.3. The molecule has 0 bridgehead atoms. The lowest BCUT2D eigenvalue weighted by Crippen LogP contribution is -2.02. The average Bonchev–Trinajstić information content (AvgIpc) is 2.66. The van der Waals surface area contributed by atoms with Crippen LogP contribution in [0.15, 0.2) is 12.4 Å². The van der Waals surface area contributed by atoms with Gasteiger partial charge in [0.25, 0.3) is 0 Å². The van der Waals surface area contributed by atoms with Crippen molar-refractivity contribution in [3.63, 3.8) is 0 Å². The van der Waals surface area contributed by atoms with Gasteiger partial charge in [0.15, 0.2) is 0 Å². The summed E-state index contributed by atoms with van der Waals surface area (Å²) in [5, 5.41) is 2.94. The van der Waals surface area contributed by atoms with E-state index in [4.69, 9.17) is 0 Å². The molecule has 2 aromatic rings. The van der Waals surface area contributed by atoms with Crippen molar-refractivity contribution < 1.29 is 9.53 Å². The minimum Gasteiger partial charge on any atom is -0.465 e. The smallest absolute Gasteiger partial charge is 0.350 e. The summed E-state index contributed by atoms with van der Waals surface area (Å²) in [4.78, 5) is 21.0. The first-order valence-corrected chi connectivity index (χ1v) is 5.09. The monoisotopic (exact) mass is 223 g/mol. The molecule has 2 aromatic heterocycles. The van der Waals surface area contributed by atoms with E-state index in [0.29, 0.717) is 16.1 Å². The molecule has 78 valence electrons. The number of rotatable bonds is 2. The van der Waals surface area contributed by atoms with Gasteiger partial charge in [-0.3, -0.25) is 0 Å². The van der Waals surface area contributed by atoms with Crippen LogP contribution in [-0.2, 0) is 4.74 Å². The van der Waals surface area contributed by atoms with Crippen LogP contribution >= 0.6 is 11.3 Å². The molecule has 2 rings (SSSR count). The molecule has 0 atom stereocenters. The van der Waals surface area contributed by atoms with E-state index >= 15 is 0 Å². The summed E-state index contributed by atoms with van der Waals surface area (Å²) in [5.41, 5.74) is 1.38. The Morgan fingerprint density at radius 2 is 2.20 bits per heavy atom. The highest BCUT2D eigenvalue weighted by Gasteiger charge is 2.19. The van der Waals surface area contributed by atoms with Crippen molar-refractivity contribution in [3.05, 3.63) is 17.3 Å². The van der Waals surface area contributed by atoms with Crippen LogP contribution in [0.2, 0.25) is 0 Å².